The van der Waals surface area contributed by atoms with Crippen LogP contribution in [0.1, 0.15) is 152 Å². The van der Waals surface area contributed by atoms with E-state index in [1.54, 1.807) is 11.8 Å². The Morgan fingerprint density at radius 3 is 1.90 bits per heavy atom. The maximum atomic E-state index is 12.1. The van der Waals surface area contributed by atoms with Gasteiger partial charge in [-0.15, -0.1) is 64.7 Å². The van der Waals surface area contributed by atoms with Crippen LogP contribution in [0.2, 0.25) is 0 Å². The van der Waals surface area contributed by atoms with E-state index in [1.165, 1.54) is 118 Å². The molecule has 1 radical (unpaired) electrons. The Balaban J connectivity index is 0.000000278. The number of aryl methyl sites for hydroxylation is 1. The molecule has 0 unspecified atom stereocenters. The summed E-state index contributed by atoms with van der Waals surface area (Å²) < 4.78 is 0. The number of Topliss-reactive ketones (excluding diaryl/α,β-unsaturated/α-hetero) is 1. The maximum absolute atomic E-state index is 12.1. The number of rotatable bonds is 17. The van der Waals surface area contributed by atoms with Gasteiger partial charge in [-0.1, -0.05) is 196 Å². The van der Waals surface area contributed by atoms with Crippen LogP contribution in [0.25, 0.3) is 44.5 Å². The molecule has 59 heavy (non-hydrogen) atoms. The summed E-state index contributed by atoms with van der Waals surface area (Å²) in [5, 5.41) is 1.19. The quantitative estimate of drug-likeness (QED) is 0.0520. The summed E-state index contributed by atoms with van der Waals surface area (Å²) in [4.78, 5) is 21.5. The molecule has 0 saturated carbocycles. The number of carbonyl (C=O) groups excluding carboxylic acids is 1. The largest absolute Gasteiger partial charge is 0.304 e. The van der Waals surface area contributed by atoms with Gasteiger partial charge in [0.25, 0.3) is 0 Å². The van der Waals surface area contributed by atoms with Crippen LogP contribution < -0.4 is 0 Å². The number of nitrogens with zero attached hydrogens (tertiary/aromatic N) is 2. The summed E-state index contributed by atoms with van der Waals surface area (Å²) in [7, 11) is 0. The molecule has 0 bridgehead atoms. The molecule has 311 valence electrons. The second-order valence-electron chi connectivity index (χ2n) is 17.5. The zero-order valence-corrected chi connectivity index (χ0v) is 38.8. The summed E-state index contributed by atoms with van der Waals surface area (Å²) in [5.74, 6) is 0.111. The van der Waals surface area contributed by atoms with Crippen molar-refractivity contribution < 1.29 is 24.9 Å². The van der Waals surface area contributed by atoms with Crippen molar-refractivity contribution >= 4 is 16.7 Å². The van der Waals surface area contributed by atoms with Gasteiger partial charge < -0.3 is 4.98 Å². The molecule has 0 spiro atoms. The van der Waals surface area contributed by atoms with Crippen molar-refractivity contribution in [2.45, 2.75) is 137 Å². The van der Waals surface area contributed by atoms with Gasteiger partial charge in [-0.2, -0.15) is 0 Å². The van der Waals surface area contributed by atoms with Crippen LogP contribution in [0.3, 0.4) is 0 Å². The Morgan fingerprint density at radius 2 is 1.25 bits per heavy atom. The third-order valence-electron chi connectivity index (χ3n) is 11.9. The standard InChI is InChI=1S/C38H46N.C17H18NO.Ir/c1-3-5-7-9-11-17-27-38(28-18-12-10-8-6-4-2)34-21-15-14-20-32(34)33-25-23-31(29-35(33)38)37-26-24-30-19-13-16-22-36(30)39-37;1-12-5-7-13(8-6-12)15-10-9-14(11-18-15)16(19)17(2,3)4;/h13-16,19-22,24-26,29H,3-12,17-18,27-28H2,1-2H3;5-7,9-11H,1-4H3;/q2*-1;. The summed E-state index contributed by atoms with van der Waals surface area (Å²) in [5.41, 5.74) is 12.4. The molecular formula is C55H64IrN2O-2. The Hall–Kier alpha value is -4.24. The fourth-order valence-electron chi connectivity index (χ4n) is 8.61. The molecule has 0 saturated heterocycles. The maximum Gasteiger partial charge on any atom is 0.169 e. The Kier molecular flexibility index (Phi) is 17.0. The average Bonchev–Trinajstić information content (AvgIpc) is 3.51. The van der Waals surface area contributed by atoms with E-state index in [0.717, 1.165) is 28.0 Å². The zero-order chi connectivity index (χ0) is 41.0. The number of pyridine rings is 2. The number of para-hydroxylation sites is 1. The number of ketones is 1. The van der Waals surface area contributed by atoms with Crippen LogP contribution in [0, 0.1) is 24.5 Å². The van der Waals surface area contributed by atoms with E-state index in [9.17, 15) is 4.79 Å². The molecule has 3 nitrogen and oxygen atoms in total. The Bertz CT molecular complexity index is 2220. The van der Waals surface area contributed by atoms with Gasteiger partial charge in [-0.3, -0.25) is 9.78 Å². The SMILES string of the molecule is CCCCCCCCC1(CCCCCCCC)c2ccccc2-c2c[c-]c(-c3ccc4ccccc4n3)cc21.Cc1c[c-]c(-c2ccc(C(=O)C(C)(C)C)cn2)cc1.[Ir]. The molecule has 6 aromatic rings. The number of aromatic nitrogens is 2. The van der Waals surface area contributed by atoms with E-state index >= 15 is 0 Å². The molecule has 0 fully saturated rings. The average molecular weight is 961 g/mol. The van der Waals surface area contributed by atoms with E-state index in [-0.39, 0.29) is 36.7 Å². The van der Waals surface area contributed by atoms with Crippen LogP contribution in [0.15, 0.2) is 109 Å². The van der Waals surface area contributed by atoms with Crippen molar-refractivity contribution in [3.63, 3.8) is 0 Å². The van der Waals surface area contributed by atoms with Gasteiger partial charge in [0, 0.05) is 42.7 Å². The third-order valence-corrected chi connectivity index (χ3v) is 11.9. The molecule has 0 N–H and O–H groups in total. The summed E-state index contributed by atoms with van der Waals surface area (Å²) >= 11 is 0. The fraction of sp³-hybridized carbons (Fsp3) is 0.400. The number of carbonyl (C=O) groups is 1. The van der Waals surface area contributed by atoms with Gasteiger partial charge in [0.15, 0.2) is 5.78 Å². The van der Waals surface area contributed by atoms with Crippen molar-refractivity contribution in [3.8, 4) is 33.6 Å². The predicted octanol–water partition coefficient (Wildman–Crippen LogP) is 15.6. The number of hydrogen-bond donors (Lipinski definition) is 0. The topological polar surface area (TPSA) is 42.9 Å². The normalized spacial score (nSPS) is 12.6. The van der Waals surface area contributed by atoms with Crippen LogP contribution in [0.5, 0.6) is 0 Å². The second-order valence-corrected chi connectivity index (χ2v) is 17.5. The molecule has 1 aliphatic rings. The van der Waals surface area contributed by atoms with Gasteiger partial charge in [-0.25, -0.2) is 0 Å². The molecule has 0 amide bonds. The van der Waals surface area contributed by atoms with Crippen LogP contribution >= 0.6 is 0 Å². The van der Waals surface area contributed by atoms with Crippen molar-refractivity contribution in [2.75, 3.05) is 0 Å². The molecule has 2 aromatic heterocycles. The Labute approximate surface area is 369 Å². The smallest absolute Gasteiger partial charge is 0.169 e. The van der Waals surface area contributed by atoms with Crippen LogP contribution in [-0.2, 0) is 25.5 Å². The molecule has 4 aromatic carbocycles. The molecule has 4 heteroatoms. The first-order chi connectivity index (χ1) is 28.1. The first kappa shape index (κ1) is 45.8. The Morgan fingerprint density at radius 1 is 0.627 bits per heavy atom. The van der Waals surface area contributed by atoms with Gasteiger partial charge in [0.1, 0.15) is 0 Å². The number of unbranched alkanes of at least 4 members (excludes halogenated alkanes) is 10. The minimum Gasteiger partial charge on any atom is -0.304 e. The first-order valence-corrected chi connectivity index (χ1v) is 22.2. The van der Waals surface area contributed by atoms with Gasteiger partial charge >= 0.3 is 0 Å². The van der Waals surface area contributed by atoms with Gasteiger partial charge in [0.2, 0.25) is 0 Å². The molecule has 1 aliphatic carbocycles. The van der Waals surface area contributed by atoms with Crippen molar-refractivity contribution in [1.82, 2.24) is 9.97 Å². The van der Waals surface area contributed by atoms with Crippen LogP contribution in [0.4, 0.5) is 0 Å². The molecule has 7 rings (SSSR count). The molecular weight excluding hydrogens is 897 g/mol. The predicted molar refractivity (Wildman–Crippen MR) is 245 cm³/mol. The summed E-state index contributed by atoms with van der Waals surface area (Å²) in [6, 6.07) is 43.3. The van der Waals surface area contributed by atoms with Gasteiger partial charge in [0.05, 0.1) is 5.52 Å². The van der Waals surface area contributed by atoms with Crippen molar-refractivity contribution in [1.29, 1.82) is 0 Å². The monoisotopic (exact) mass is 961 g/mol. The minimum atomic E-state index is -0.376. The molecule has 0 atom stereocenters. The number of benzene rings is 4. The number of hydrogen-bond acceptors (Lipinski definition) is 3. The van der Waals surface area contributed by atoms with Crippen molar-refractivity contribution in [2.24, 2.45) is 5.41 Å². The van der Waals surface area contributed by atoms with Crippen molar-refractivity contribution in [3.05, 3.63) is 144 Å². The van der Waals surface area contributed by atoms with Crippen LogP contribution in [-0.4, -0.2) is 15.8 Å². The zero-order valence-electron chi connectivity index (χ0n) is 36.4. The first-order valence-electron chi connectivity index (χ1n) is 22.2. The van der Waals surface area contributed by atoms with E-state index in [2.05, 4.69) is 104 Å². The minimum absolute atomic E-state index is 0. The number of fused-ring (bicyclic) bond motifs is 4. The van der Waals surface area contributed by atoms with E-state index in [0.29, 0.717) is 5.56 Å². The third kappa shape index (κ3) is 11.5. The van der Waals surface area contributed by atoms with E-state index in [4.69, 9.17) is 4.98 Å². The molecule has 2 heterocycles. The van der Waals surface area contributed by atoms with Gasteiger partial charge in [-0.05, 0) is 41.2 Å². The second kappa shape index (κ2) is 21.8. The van der Waals surface area contributed by atoms with E-state index in [1.807, 2.05) is 58.0 Å². The molecule has 0 aliphatic heterocycles. The summed E-state index contributed by atoms with van der Waals surface area (Å²) in [6.07, 6.45) is 20.3. The van der Waals surface area contributed by atoms with E-state index < -0.39 is 0 Å². The fourth-order valence-corrected chi connectivity index (χ4v) is 8.61. The summed E-state index contributed by atoms with van der Waals surface area (Å²) in [6.45, 7) is 12.4.